The summed E-state index contributed by atoms with van der Waals surface area (Å²) in [5, 5.41) is 8.59. The van der Waals surface area contributed by atoms with Crippen molar-refractivity contribution in [3.8, 4) is 0 Å². The fraction of sp³-hybridized carbons (Fsp3) is 0.667. The number of epoxide rings is 2. The van der Waals surface area contributed by atoms with Crippen molar-refractivity contribution in [2.24, 2.45) is 0 Å². The lowest BCUT2D eigenvalue weighted by Crippen LogP contribution is -2.08. The van der Waals surface area contributed by atoms with Crippen LogP contribution in [-0.4, -0.2) is 62.3 Å². The van der Waals surface area contributed by atoms with E-state index >= 15 is 0 Å². The maximum absolute atomic E-state index is 11.3. The molecule has 2 aliphatic heterocycles. The Hall–Kier alpha value is -1.70. The lowest BCUT2D eigenvalue weighted by atomic mass is 10.1. The molecule has 2 unspecified atom stereocenters. The van der Waals surface area contributed by atoms with Gasteiger partial charge in [-0.25, -0.2) is 9.59 Å². The molecule has 2 heterocycles. The second kappa shape index (κ2) is 11.8. The van der Waals surface area contributed by atoms with Crippen molar-refractivity contribution >= 4 is 11.9 Å². The number of hydrogen-bond donors (Lipinski definition) is 1. The van der Waals surface area contributed by atoms with Gasteiger partial charge in [-0.05, 0) is 19.8 Å². The SMILES string of the molecule is C(OCC1CO1)C1CO1.C=C(CC=C(C)C(=O)O)C(=O)OCCCC. The predicted molar refractivity (Wildman–Crippen MR) is 91.3 cm³/mol. The van der Waals surface area contributed by atoms with E-state index in [-0.39, 0.29) is 17.6 Å². The minimum absolute atomic E-state index is 0.197. The molecule has 0 amide bonds. The molecule has 7 nitrogen and oxygen atoms in total. The molecule has 142 valence electrons. The van der Waals surface area contributed by atoms with Gasteiger partial charge in [0.1, 0.15) is 12.2 Å². The fourth-order valence-electron chi connectivity index (χ4n) is 1.52. The van der Waals surface area contributed by atoms with E-state index in [4.69, 9.17) is 24.1 Å². The first-order chi connectivity index (χ1) is 11.9. The molecule has 1 N–H and O–H groups in total. The summed E-state index contributed by atoms with van der Waals surface area (Å²) in [6, 6.07) is 0. The van der Waals surface area contributed by atoms with Crippen LogP contribution in [0.1, 0.15) is 33.1 Å². The second-order valence-corrected chi connectivity index (χ2v) is 5.94. The normalized spacial score (nSPS) is 21.0. The third-order valence-corrected chi connectivity index (χ3v) is 3.42. The summed E-state index contributed by atoms with van der Waals surface area (Å²) in [5.74, 6) is -1.45. The van der Waals surface area contributed by atoms with Gasteiger partial charge >= 0.3 is 11.9 Å². The van der Waals surface area contributed by atoms with Crippen LogP contribution in [0.3, 0.4) is 0 Å². The first kappa shape index (κ1) is 21.3. The van der Waals surface area contributed by atoms with E-state index in [1.54, 1.807) is 0 Å². The fourth-order valence-corrected chi connectivity index (χ4v) is 1.52. The van der Waals surface area contributed by atoms with Gasteiger partial charge in [0.05, 0.1) is 33.0 Å². The highest BCUT2D eigenvalue weighted by Gasteiger charge is 2.26. The standard InChI is InChI=1S/C12H18O4.C6H10O3/c1-4-5-8-16-12(15)10(3)7-6-9(2)11(13)14;1(5-3-8-5)7-2-6-4-9-6/h6H,3-5,7-8H2,1-2H3,(H,13,14);5-6H,1-4H2. The Kier molecular flexibility index (Phi) is 10.1. The topological polar surface area (TPSA) is 97.9 Å². The summed E-state index contributed by atoms with van der Waals surface area (Å²) in [6.07, 6.45) is 4.22. The molecule has 0 aromatic heterocycles. The molecule has 0 saturated carbocycles. The lowest BCUT2D eigenvalue weighted by molar-refractivity contribution is -0.139. The molecule has 0 aliphatic carbocycles. The van der Waals surface area contributed by atoms with E-state index in [0.717, 1.165) is 39.3 Å². The van der Waals surface area contributed by atoms with Crippen molar-refractivity contribution in [1.82, 2.24) is 0 Å². The first-order valence-corrected chi connectivity index (χ1v) is 8.49. The van der Waals surface area contributed by atoms with Crippen LogP contribution in [0.4, 0.5) is 0 Å². The van der Waals surface area contributed by atoms with Gasteiger partial charge in [0.15, 0.2) is 0 Å². The maximum Gasteiger partial charge on any atom is 0.333 e. The van der Waals surface area contributed by atoms with Gasteiger partial charge < -0.3 is 24.1 Å². The number of carboxylic acid groups (broad SMARTS) is 1. The van der Waals surface area contributed by atoms with Crippen LogP contribution in [0.15, 0.2) is 23.8 Å². The Balaban J connectivity index is 0.000000286. The molecule has 2 aliphatic rings. The molecule has 0 bridgehead atoms. The average Bonchev–Trinajstić information content (AvgIpc) is 3.48. The number of carbonyl (C=O) groups excluding carboxylic acids is 1. The van der Waals surface area contributed by atoms with Gasteiger partial charge in [-0.1, -0.05) is 26.0 Å². The number of ether oxygens (including phenoxy) is 4. The number of carboxylic acids is 1. The number of rotatable bonds is 11. The number of esters is 1. The van der Waals surface area contributed by atoms with Crippen molar-refractivity contribution in [2.45, 2.75) is 45.3 Å². The minimum atomic E-state index is -0.993. The molecule has 0 spiro atoms. The first-order valence-electron chi connectivity index (χ1n) is 8.49. The monoisotopic (exact) mass is 356 g/mol. The molecular weight excluding hydrogens is 328 g/mol. The molecule has 0 radical (unpaired) electrons. The maximum atomic E-state index is 11.3. The second-order valence-electron chi connectivity index (χ2n) is 5.94. The molecule has 2 saturated heterocycles. The van der Waals surface area contributed by atoms with Crippen LogP contribution in [0.2, 0.25) is 0 Å². The average molecular weight is 356 g/mol. The van der Waals surface area contributed by atoms with Crippen molar-refractivity contribution < 1.29 is 33.6 Å². The van der Waals surface area contributed by atoms with Crippen LogP contribution in [0, 0.1) is 0 Å². The number of aliphatic carboxylic acids is 1. The van der Waals surface area contributed by atoms with E-state index in [0.29, 0.717) is 18.8 Å². The lowest BCUT2D eigenvalue weighted by Gasteiger charge is -2.04. The Morgan fingerprint density at radius 2 is 1.80 bits per heavy atom. The highest BCUT2D eigenvalue weighted by atomic mass is 16.6. The predicted octanol–water partition coefficient (Wildman–Crippen LogP) is 2.11. The molecule has 2 atom stereocenters. The molecule has 0 aromatic rings. The molecule has 7 heteroatoms. The van der Waals surface area contributed by atoms with Gasteiger partial charge in [0, 0.05) is 11.1 Å². The summed E-state index contributed by atoms with van der Waals surface area (Å²) in [5.41, 5.74) is 0.471. The Labute approximate surface area is 148 Å². The largest absolute Gasteiger partial charge is 0.478 e. The smallest absolute Gasteiger partial charge is 0.333 e. The molecule has 0 aromatic carbocycles. The molecular formula is C18H28O7. The third-order valence-electron chi connectivity index (χ3n) is 3.42. The Bertz CT molecular complexity index is 464. The molecule has 2 rings (SSSR count). The number of carbonyl (C=O) groups is 2. The van der Waals surface area contributed by atoms with Gasteiger partial charge in [0.2, 0.25) is 0 Å². The molecule has 25 heavy (non-hydrogen) atoms. The van der Waals surface area contributed by atoms with Crippen LogP contribution in [0.25, 0.3) is 0 Å². The number of hydrogen-bond acceptors (Lipinski definition) is 6. The van der Waals surface area contributed by atoms with Gasteiger partial charge in [-0.15, -0.1) is 0 Å². The van der Waals surface area contributed by atoms with Crippen LogP contribution in [0.5, 0.6) is 0 Å². The summed E-state index contributed by atoms with van der Waals surface area (Å²) < 4.78 is 20.0. The van der Waals surface area contributed by atoms with Crippen LogP contribution in [-0.2, 0) is 28.5 Å². The quantitative estimate of drug-likeness (QED) is 0.262. The van der Waals surface area contributed by atoms with E-state index in [1.807, 2.05) is 6.92 Å². The summed E-state index contributed by atoms with van der Waals surface area (Å²) in [6.45, 7) is 10.7. The zero-order valence-electron chi connectivity index (χ0n) is 15.0. The highest BCUT2D eigenvalue weighted by Crippen LogP contribution is 2.12. The van der Waals surface area contributed by atoms with Crippen molar-refractivity contribution in [3.63, 3.8) is 0 Å². The number of unbranched alkanes of at least 4 members (excludes halogenated alkanes) is 1. The van der Waals surface area contributed by atoms with E-state index in [9.17, 15) is 9.59 Å². The summed E-state index contributed by atoms with van der Waals surface area (Å²) >= 11 is 0. The zero-order valence-corrected chi connectivity index (χ0v) is 15.0. The Morgan fingerprint density at radius 3 is 2.24 bits per heavy atom. The van der Waals surface area contributed by atoms with Crippen LogP contribution < -0.4 is 0 Å². The molecule has 2 fully saturated rings. The summed E-state index contributed by atoms with van der Waals surface area (Å²) in [4.78, 5) is 21.8. The van der Waals surface area contributed by atoms with Crippen LogP contribution >= 0.6 is 0 Å². The van der Waals surface area contributed by atoms with Gasteiger partial charge in [-0.3, -0.25) is 0 Å². The van der Waals surface area contributed by atoms with Crippen molar-refractivity contribution in [3.05, 3.63) is 23.8 Å². The van der Waals surface area contributed by atoms with Crippen molar-refractivity contribution in [1.29, 1.82) is 0 Å². The van der Waals surface area contributed by atoms with Gasteiger partial charge in [-0.2, -0.15) is 0 Å². The number of allylic oxidation sites excluding steroid dienone is 1. The Morgan fingerprint density at radius 1 is 1.24 bits per heavy atom. The van der Waals surface area contributed by atoms with E-state index < -0.39 is 11.9 Å². The highest BCUT2D eigenvalue weighted by molar-refractivity contribution is 5.89. The van der Waals surface area contributed by atoms with E-state index in [2.05, 4.69) is 6.58 Å². The minimum Gasteiger partial charge on any atom is -0.478 e. The van der Waals surface area contributed by atoms with E-state index in [1.165, 1.54) is 13.0 Å². The van der Waals surface area contributed by atoms with Gasteiger partial charge in [0.25, 0.3) is 0 Å². The van der Waals surface area contributed by atoms with Crippen molar-refractivity contribution in [2.75, 3.05) is 33.0 Å². The third kappa shape index (κ3) is 11.5. The summed E-state index contributed by atoms with van der Waals surface area (Å²) in [7, 11) is 0. The zero-order chi connectivity index (χ0) is 18.7.